The van der Waals surface area contributed by atoms with Gasteiger partial charge >= 0.3 is 6.03 Å². The summed E-state index contributed by atoms with van der Waals surface area (Å²) in [5.74, 6) is 1.02. The largest absolute Gasteiger partial charge is 0.472 e. The van der Waals surface area contributed by atoms with Gasteiger partial charge in [-0.15, -0.1) is 0 Å². The molecule has 0 spiro atoms. The van der Waals surface area contributed by atoms with Crippen molar-refractivity contribution in [2.24, 2.45) is 0 Å². The first kappa shape index (κ1) is 14.9. The quantitative estimate of drug-likeness (QED) is 0.755. The molecule has 0 radical (unpaired) electrons. The Kier molecular flexibility index (Phi) is 4.42. The summed E-state index contributed by atoms with van der Waals surface area (Å²) in [7, 11) is 0. The molecule has 0 saturated heterocycles. The molecule has 2 N–H and O–H groups in total. The molecule has 3 aromatic rings. The van der Waals surface area contributed by atoms with Gasteiger partial charge in [-0.1, -0.05) is 12.1 Å². The van der Waals surface area contributed by atoms with Crippen LogP contribution in [0.1, 0.15) is 11.3 Å². The minimum Gasteiger partial charge on any atom is -0.472 e. The van der Waals surface area contributed by atoms with E-state index in [1.807, 2.05) is 6.07 Å². The molecule has 0 aliphatic carbocycles. The van der Waals surface area contributed by atoms with Crippen molar-refractivity contribution in [1.29, 1.82) is 0 Å². The third kappa shape index (κ3) is 4.00. The molecule has 0 saturated carbocycles. The zero-order chi connectivity index (χ0) is 16.1. The van der Waals surface area contributed by atoms with Crippen molar-refractivity contribution in [3.05, 3.63) is 72.1 Å². The van der Waals surface area contributed by atoms with Gasteiger partial charge in [0.1, 0.15) is 23.6 Å². The highest BCUT2D eigenvalue weighted by molar-refractivity contribution is 5.73. The molecule has 0 bridgehead atoms. The number of hydrogen-bond donors (Lipinski definition) is 2. The van der Waals surface area contributed by atoms with Crippen LogP contribution in [0.15, 0.2) is 63.8 Å². The van der Waals surface area contributed by atoms with Gasteiger partial charge in [0.05, 0.1) is 18.4 Å². The van der Waals surface area contributed by atoms with Gasteiger partial charge in [0, 0.05) is 6.54 Å². The van der Waals surface area contributed by atoms with Crippen LogP contribution >= 0.6 is 0 Å². The Balaban J connectivity index is 1.46. The maximum Gasteiger partial charge on any atom is 0.315 e. The smallest absolute Gasteiger partial charge is 0.315 e. The Morgan fingerprint density at radius 2 is 1.78 bits per heavy atom. The van der Waals surface area contributed by atoms with Crippen LogP contribution in [0.5, 0.6) is 0 Å². The van der Waals surface area contributed by atoms with Gasteiger partial charge in [0.25, 0.3) is 0 Å². The van der Waals surface area contributed by atoms with E-state index in [9.17, 15) is 9.18 Å². The Morgan fingerprint density at radius 1 is 1.00 bits per heavy atom. The fraction of sp³-hybridized carbons (Fsp3) is 0.118. The highest BCUT2D eigenvalue weighted by Gasteiger charge is 2.07. The summed E-state index contributed by atoms with van der Waals surface area (Å²) in [5.41, 5.74) is 1.67. The Morgan fingerprint density at radius 3 is 2.52 bits per heavy atom. The zero-order valence-corrected chi connectivity index (χ0v) is 12.2. The monoisotopic (exact) mass is 314 g/mol. The third-order valence-corrected chi connectivity index (χ3v) is 3.26. The fourth-order valence-electron chi connectivity index (χ4n) is 2.05. The summed E-state index contributed by atoms with van der Waals surface area (Å²) >= 11 is 0. The maximum absolute atomic E-state index is 12.8. The molecule has 2 aromatic heterocycles. The van der Waals surface area contributed by atoms with Crippen molar-refractivity contribution in [1.82, 2.24) is 10.6 Å². The summed E-state index contributed by atoms with van der Waals surface area (Å²) in [6.07, 6.45) is 3.16. The summed E-state index contributed by atoms with van der Waals surface area (Å²) in [5, 5.41) is 5.39. The van der Waals surface area contributed by atoms with E-state index in [1.165, 1.54) is 12.1 Å². The Hall–Kier alpha value is -3.02. The van der Waals surface area contributed by atoms with Gasteiger partial charge in [0.2, 0.25) is 0 Å². The molecular formula is C17H15FN2O3. The summed E-state index contributed by atoms with van der Waals surface area (Å²) in [6.45, 7) is 0.595. The Labute approximate surface area is 132 Å². The molecule has 0 aliphatic rings. The highest BCUT2D eigenvalue weighted by Crippen LogP contribution is 2.22. The van der Waals surface area contributed by atoms with E-state index in [2.05, 4.69) is 10.6 Å². The topological polar surface area (TPSA) is 67.4 Å². The van der Waals surface area contributed by atoms with Crippen LogP contribution in [0.4, 0.5) is 9.18 Å². The normalized spacial score (nSPS) is 10.5. The van der Waals surface area contributed by atoms with Crippen molar-refractivity contribution < 1.29 is 18.0 Å². The molecule has 118 valence electrons. The molecule has 0 atom stereocenters. The molecule has 0 aliphatic heterocycles. The maximum atomic E-state index is 12.8. The SMILES string of the molecule is O=C(NCc1ccc(F)cc1)NCc1ccc(-c2ccoc2)o1. The average Bonchev–Trinajstić information content (AvgIpc) is 3.23. The molecule has 5 nitrogen and oxygen atoms in total. The van der Waals surface area contributed by atoms with E-state index in [1.54, 1.807) is 36.8 Å². The van der Waals surface area contributed by atoms with Crippen LogP contribution in [0.3, 0.4) is 0 Å². The van der Waals surface area contributed by atoms with Crippen molar-refractivity contribution in [3.63, 3.8) is 0 Å². The summed E-state index contributed by atoms with van der Waals surface area (Å²) in [6, 6.07) is 11.0. The van der Waals surface area contributed by atoms with Crippen LogP contribution < -0.4 is 10.6 Å². The van der Waals surface area contributed by atoms with Crippen LogP contribution in [0, 0.1) is 5.82 Å². The van der Waals surface area contributed by atoms with Crippen molar-refractivity contribution in [3.8, 4) is 11.3 Å². The minimum absolute atomic E-state index is 0.271. The number of urea groups is 1. The molecule has 2 heterocycles. The predicted octanol–water partition coefficient (Wildman–Crippen LogP) is 3.68. The molecule has 3 rings (SSSR count). The lowest BCUT2D eigenvalue weighted by atomic mass is 10.2. The van der Waals surface area contributed by atoms with Crippen molar-refractivity contribution >= 4 is 6.03 Å². The van der Waals surface area contributed by atoms with Crippen LogP contribution in [0.2, 0.25) is 0 Å². The minimum atomic E-state index is -0.324. The molecule has 1 aromatic carbocycles. The summed E-state index contributed by atoms with van der Waals surface area (Å²) < 4.78 is 23.4. The predicted molar refractivity (Wildman–Crippen MR) is 81.9 cm³/mol. The second-order valence-electron chi connectivity index (χ2n) is 4.94. The van der Waals surface area contributed by atoms with Crippen LogP contribution in [0.25, 0.3) is 11.3 Å². The lowest BCUT2D eigenvalue weighted by Crippen LogP contribution is -2.34. The van der Waals surface area contributed by atoms with Gasteiger partial charge in [-0.05, 0) is 35.9 Å². The van der Waals surface area contributed by atoms with E-state index in [0.29, 0.717) is 18.1 Å². The standard InChI is InChI=1S/C17H15FN2O3/c18-14-3-1-12(2-4-14)9-19-17(21)20-10-15-5-6-16(23-15)13-7-8-22-11-13/h1-8,11H,9-10H2,(H2,19,20,21). The van der Waals surface area contributed by atoms with Gasteiger partial charge in [-0.3, -0.25) is 0 Å². The van der Waals surface area contributed by atoms with Gasteiger partial charge in [-0.25, -0.2) is 9.18 Å². The number of furan rings is 2. The first-order chi connectivity index (χ1) is 11.2. The average molecular weight is 314 g/mol. The number of halogens is 1. The molecule has 0 fully saturated rings. The Bertz CT molecular complexity index is 764. The molecule has 23 heavy (non-hydrogen) atoms. The highest BCUT2D eigenvalue weighted by atomic mass is 19.1. The van der Waals surface area contributed by atoms with Gasteiger partial charge in [0.15, 0.2) is 0 Å². The fourth-order valence-corrected chi connectivity index (χ4v) is 2.05. The van der Waals surface area contributed by atoms with E-state index in [-0.39, 0.29) is 18.4 Å². The molecular weight excluding hydrogens is 299 g/mol. The van der Waals surface area contributed by atoms with Gasteiger partial charge in [-0.2, -0.15) is 0 Å². The first-order valence-corrected chi connectivity index (χ1v) is 7.08. The third-order valence-electron chi connectivity index (χ3n) is 3.26. The number of amides is 2. The second-order valence-corrected chi connectivity index (χ2v) is 4.94. The second kappa shape index (κ2) is 6.83. The van der Waals surface area contributed by atoms with Gasteiger partial charge < -0.3 is 19.5 Å². The van der Waals surface area contributed by atoms with Crippen LogP contribution in [-0.4, -0.2) is 6.03 Å². The lowest BCUT2D eigenvalue weighted by Gasteiger charge is -2.06. The van der Waals surface area contributed by atoms with E-state index >= 15 is 0 Å². The molecule has 6 heteroatoms. The van der Waals surface area contributed by atoms with E-state index < -0.39 is 0 Å². The van der Waals surface area contributed by atoms with Crippen molar-refractivity contribution in [2.45, 2.75) is 13.1 Å². The van der Waals surface area contributed by atoms with Crippen LogP contribution in [-0.2, 0) is 13.1 Å². The molecule has 0 unspecified atom stereocenters. The van der Waals surface area contributed by atoms with E-state index in [0.717, 1.165) is 11.1 Å². The lowest BCUT2D eigenvalue weighted by molar-refractivity contribution is 0.239. The summed E-state index contributed by atoms with van der Waals surface area (Å²) in [4.78, 5) is 11.7. The number of carbonyl (C=O) groups is 1. The number of rotatable bonds is 5. The number of hydrogen-bond acceptors (Lipinski definition) is 3. The zero-order valence-electron chi connectivity index (χ0n) is 12.2. The molecule has 2 amide bonds. The number of carbonyl (C=O) groups excluding carboxylic acids is 1. The number of benzene rings is 1. The van der Waals surface area contributed by atoms with Crippen molar-refractivity contribution in [2.75, 3.05) is 0 Å². The number of nitrogens with one attached hydrogen (secondary N) is 2. The van der Waals surface area contributed by atoms with E-state index in [4.69, 9.17) is 8.83 Å². The first-order valence-electron chi connectivity index (χ1n) is 7.08.